The number of quaternary nitrogens is 1. The molecule has 0 aromatic heterocycles. The van der Waals surface area contributed by atoms with E-state index in [1.54, 1.807) is 0 Å². The van der Waals surface area contributed by atoms with E-state index in [1.807, 2.05) is 21.1 Å². The zero-order chi connectivity index (χ0) is 20.6. The normalized spacial score (nSPS) is 14.6. The molecule has 4 heteroatoms. The molecule has 0 aliphatic carbocycles. The number of carbonyl (C=O) groups is 1. The minimum atomic E-state index is -1.16. The van der Waals surface area contributed by atoms with Gasteiger partial charge in [0.25, 0.3) is 0 Å². The smallest absolute Gasteiger partial charge is 0.119 e. The Morgan fingerprint density at radius 3 is 1.85 bits per heavy atom. The highest BCUT2D eigenvalue weighted by molar-refractivity contribution is 5.65. The van der Waals surface area contributed by atoms with Gasteiger partial charge in [-0.05, 0) is 32.1 Å². The molecular formula is C23H45NO3. The Morgan fingerprint density at radius 2 is 1.37 bits per heavy atom. The molecular weight excluding hydrogens is 338 g/mol. The SMILES string of the molecule is CCCCCC/C=C\CCCCCCCCC(O)(CC(=O)[O-])C[N+](C)(C)C. The lowest BCUT2D eigenvalue weighted by atomic mass is 9.91. The van der Waals surface area contributed by atoms with Crippen LogP contribution in [0.1, 0.15) is 96.8 Å². The molecule has 160 valence electrons. The van der Waals surface area contributed by atoms with Crippen molar-refractivity contribution in [3.63, 3.8) is 0 Å². The van der Waals surface area contributed by atoms with Gasteiger partial charge in [-0.1, -0.05) is 70.4 Å². The second-order valence-electron chi connectivity index (χ2n) is 9.20. The molecule has 0 amide bonds. The van der Waals surface area contributed by atoms with Crippen LogP contribution in [0.4, 0.5) is 0 Å². The number of likely N-dealkylation sites (N-methyl/N-ethyl adjacent to an activating group) is 1. The number of hydrogen-bond acceptors (Lipinski definition) is 3. The standard InChI is InChI=1S/C23H45NO3/c1-5-6-7-8-9-10-11-12-13-14-15-16-17-18-19-23(27,20-22(25)26)21-24(2,3)4/h10-11,27H,5-9,12-21H2,1-4H3/b11-10-. The van der Waals surface area contributed by atoms with Gasteiger partial charge in [-0.2, -0.15) is 0 Å². The van der Waals surface area contributed by atoms with Crippen LogP contribution >= 0.6 is 0 Å². The van der Waals surface area contributed by atoms with E-state index in [4.69, 9.17) is 0 Å². The number of nitrogens with zero attached hydrogens (tertiary/aromatic N) is 1. The van der Waals surface area contributed by atoms with E-state index in [2.05, 4.69) is 19.1 Å². The largest absolute Gasteiger partial charge is 0.550 e. The van der Waals surface area contributed by atoms with Crippen LogP contribution in [0, 0.1) is 0 Å². The average molecular weight is 384 g/mol. The highest BCUT2D eigenvalue weighted by Gasteiger charge is 2.33. The highest BCUT2D eigenvalue weighted by atomic mass is 16.4. The first kappa shape index (κ1) is 26.1. The molecule has 0 radical (unpaired) electrons. The second kappa shape index (κ2) is 15.1. The number of aliphatic carboxylic acids is 1. The minimum Gasteiger partial charge on any atom is -0.550 e. The van der Waals surface area contributed by atoms with Crippen molar-refractivity contribution in [2.45, 2.75) is 102 Å². The lowest BCUT2D eigenvalue weighted by Gasteiger charge is -2.36. The van der Waals surface area contributed by atoms with Crippen molar-refractivity contribution in [1.29, 1.82) is 0 Å². The summed E-state index contributed by atoms with van der Waals surface area (Å²) < 4.78 is 0.551. The average Bonchev–Trinajstić information content (AvgIpc) is 2.52. The predicted octanol–water partition coefficient (Wildman–Crippen LogP) is 4.21. The van der Waals surface area contributed by atoms with E-state index in [9.17, 15) is 15.0 Å². The summed E-state index contributed by atoms with van der Waals surface area (Å²) in [5.74, 6) is -1.16. The maximum Gasteiger partial charge on any atom is 0.119 e. The van der Waals surface area contributed by atoms with Crippen molar-refractivity contribution >= 4 is 5.97 Å². The Labute approximate surface area is 168 Å². The molecule has 0 rings (SSSR count). The monoisotopic (exact) mass is 383 g/mol. The molecule has 0 aromatic carbocycles. The summed E-state index contributed by atoms with van der Waals surface area (Å²) in [6.07, 6.45) is 19.5. The van der Waals surface area contributed by atoms with Gasteiger partial charge in [0, 0.05) is 12.4 Å². The first-order valence-corrected chi connectivity index (χ1v) is 11.1. The fraction of sp³-hybridized carbons (Fsp3) is 0.870. The zero-order valence-electron chi connectivity index (χ0n) is 18.5. The Hall–Kier alpha value is -0.870. The fourth-order valence-electron chi connectivity index (χ4n) is 3.72. The van der Waals surface area contributed by atoms with Crippen LogP contribution in [0.25, 0.3) is 0 Å². The number of allylic oxidation sites excluding steroid dienone is 2. The summed E-state index contributed by atoms with van der Waals surface area (Å²) in [5, 5.41) is 21.6. The van der Waals surface area contributed by atoms with Crippen molar-refractivity contribution in [2.24, 2.45) is 0 Å². The number of hydrogen-bond donors (Lipinski definition) is 1. The third kappa shape index (κ3) is 18.3. The van der Waals surface area contributed by atoms with Gasteiger partial charge in [-0.3, -0.25) is 0 Å². The summed E-state index contributed by atoms with van der Waals surface area (Å²) in [6, 6.07) is 0. The number of carboxylic acids is 1. The van der Waals surface area contributed by atoms with Crippen LogP contribution in [0.3, 0.4) is 0 Å². The van der Waals surface area contributed by atoms with E-state index in [1.165, 1.54) is 57.8 Å². The van der Waals surface area contributed by atoms with Gasteiger partial charge in [-0.25, -0.2) is 0 Å². The maximum absolute atomic E-state index is 11.0. The van der Waals surface area contributed by atoms with Gasteiger partial charge >= 0.3 is 0 Å². The van der Waals surface area contributed by atoms with Crippen molar-refractivity contribution in [3.05, 3.63) is 12.2 Å². The topological polar surface area (TPSA) is 60.4 Å². The highest BCUT2D eigenvalue weighted by Crippen LogP contribution is 2.22. The summed E-state index contributed by atoms with van der Waals surface area (Å²) in [6.45, 7) is 2.68. The number of rotatable bonds is 18. The van der Waals surface area contributed by atoms with Crippen molar-refractivity contribution in [3.8, 4) is 0 Å². The van der Waals surface area contributed by atoms with E-state index in [0.29, 0.717) is 17.4 Å². The Balaban J connectivity index is 3.73. The number of aliphatic hydroxyl groups is 1. The van der Waals surface area contributed by atoms with Gasteiger partial charge in [0.2, 0.25) is 0 Å². The zero-order valence-corrected chi connectivity index (χ0v) is 18.5. The molecule has 27 heavy (non-hydrogen) atoms. The van der Waals surface area contributed by atoms with Crippen molar-refractivity contribution in [1.82, 2.24) is 0 Å². The van der Waals surface area contributed by atoms with Crippen LogP contribution in [0.15, 0.2) is 12.2 Å². The number of carboxylic acid groups (broad SMARTS) is 1. The molecule has 0 spiro atoms. The molecule has 0 saturated heterocycles. The van der Waals surface area contributed by atoms with Crippen molar-refractivity contribution in [2.75, 3.05) is 27.7 Å². The van der Waals surface area contributed by atoms with Gasteiger partial charge in [0.1, 0.15) is 12.1 Å². The Kier molecular flexibility index (Phi) is 14.6. The molecule has 0 bridgehead atoms. The van der Waals surface area contributed by atoms with Gasteiger partial charge < -0.3 is 19.5 Å². The van der Waals surface area contributed by atoms with Crippen LogP contribution in [-0.2, 0) is 4.79 Å². The van der Waals surface area contributed by atoms with Crippen LogP contribution < -0.4 is 5.11 Å². The van der Waals surface area contributed by atoms with Gasteiger partial charge in [0.05, 0.1) is 21.1 Å². The molecule has 0 aliphatic rings. The molecule has 0 saturated carbocycles. The van der Waals surface area contributed by atoms with Crippen LogP contribution in [0.2, 0.25) is 0 Å². The quantitative estimate of drug-likeness (QED) is 0.219. The predicted molar refractivity (Wildman–Crippen MR) is 112 cm³/mol. The van der Waals surface area contributed by atoms with Gasteiger partial charge in [-0.15, -0.1) is 0 Å². The summed E-state index contributed by atoms with van der Waals surface area (Å²) in [7, 11) is 5.92. The van der Waals surface area contributed by atoms with E-state index >= 15 is 0 Å². The fourth-order valence-corrected chi connectivity index (χ4v) is 3.72. The minimum absolute atomic E-state index is 0.271. The first-order valence-electron chi connectivity index (χ1n) is 11.1. The summed E-state index contributed by atoms with van der Waals surface area (Å²) in [5.41, 5.74) is -1.15. The Bertz CT molecular complexity index is 401. The second-order valence-corrected chi connectivity index (χ2v) is 9.20. The lowest BCUT2D eigenvalue weighted by Crippen LogP contribution is -2.51. The Morgan fingerprint density at radius 1 is 0.889 bits per heavy atom. The third-order valence-electron chi connectivity index (χ3n) is 4.90. The van der Waals surface area contributed by atoms with Crippen LogP contribution in [0.5, 0.6) is 0 Å². The maximum atomic E-state index is 11.0. The first-order chi connectivity index (χ1) is 12.7. The molecule has 1 N–H and O–H groups in total. The van der Waals surface area contributed by atoms with Crippen LogP contribution in [-0.4, -0.2) is 48.8 Å². The number of carbonyl (C=O) groups excluding carboxylic acids is 1. The molecule has 0 aromatic rings. The molecule has 1 unspecified atom stereocenters. The van der Waals surface area contributed by atoms with Crippen molar-refractivity contribution < 1.29 is 19.5 Å². The van der Waals surface area contributed by atoms with E-state index in [0.717, 1.165) is 19.3 Å². The van der Waals surface area contributed by atoms with E-state index in [-0.39, 0.29) is 6.42 Å². The molecule has 0 aliphatic heterocycles. The third-order valence-corrected chi connectivity index (χ3v) is 4.90. The summed E-state index contributed by atoms with van der Waals surface area (Å²) >= 11 is 0. The lowest BCUT2D eigenvalue weighted by molar-refractivity contribution is -0.877. The number of unbranched alkanes of at least 4 members (excludes halogenated alkanes) is 10. The summed E-state index contributed by atoms with van der Waals surface area (Å²) in [4.78, 5) is 11.0. The molecule has 0 fully saturated rings. The molecule has 4 nitrogen and oxygen atoms in total. The van der Waals surface area contributed by atoms with E-state index < -0.39 is 11.6 Å². The molecule has 1 atom stereocenters. The molecule has 0 heterocycles. The van der Waals surface area contributed by atoms with Gasteiger partial charge in [0.15, 0.2) is 0 Å².